The average molecular weight is 397 g/mol. The number of carbonyl (C=O) groups is 1. The van der Waals surface area contributed by atoms with E-state index >= 15 is 0 Å². The third kappa shape index (κ3) is 4.58. The van der Waals surface area contributed by atoms with Gasteiger partial charge in [0.25, 0.3) is 5.91 Å². The van der Waals surface area contributed by atoms with E-state index in [1.807, 2.05) is 45.0 Å². The number of halogens is 1. The number of nitrogens with one attached hydrogen (secondary N) is 2. The Hall–Kier alpha value is -3.12. The smallest absolute Gasteiger partial charge is 0.275 e. The summed E-state index contributed by atoms with van der Waals surface area (Å²) in [6.45, 7) is 6.34. The summed E-state index contributed by atoms with van der Waals surface area (Å²) in [5, 5.41) is 6.55. The summed E-state index contributed by atoms with van der Waals surface area (Å²) < 4.78 is 5.52. The molecule has 0 unspecified atom stereocenters. The van der Waals surface area contributed by atoms with Gasteiger partial charge >= 0.3 is 0 Å². The lowest BCUT2D eigenvalue weighted by atomic mass is 10.1. The van der Waals surface area contributed by atoms with Crippen LogP contribution in [0.25, 0.3) is 0 Å². The summed E-state index contributed by atoms with van der Waals surface area (Å²) >= 11 is 6.31. The molecule has 0 bridgehead atoms. The van der Waals surface area contributed by atoms with Crippen LogP contribution in [-0.2, 0) is 0 Å². The molecule has 6 nitrogen and oxygen atoms in total. The van der Waals surface area contributed by atoms with Crippen molar-refractivity contribution in [2.24, 2.45) is 0 Å². The Morgan fingerprint density at radius 3 is 2.61 bits per heavy atom. The minimum Gasteiger partial charge on any atom is -0.492 e. The van der Waals surface area contributed by atoms with E-state index in [1.165, 1.54) is 12.4 Å². The van der Waals surface area contributed by atoms with Gasteiger partial charge in [-0.05, 0) is 50.1 Å². The van der Waals surface area contributed by atoms with E-state index < -0.39 is 0 Å². The van der Waals surface area contributed by atoms with Crippen LogP contribution in [-0.4, -0.2) is 22.5 Å². The quantitative estimate of drug-likeness (QED) is 0.603. The van der Waals surface area contributed by atoms with Crippen LogP contribution < -0.4 is 15.4 Å². The molecule has 3 aromatic rings. The highest BCUT2D eigenvalue weighted by Crippen LogP contribution is 2.29. The number of anilines is 3. The standard InChI is InChI=1S/C21H21ClN4O2/c1-4-28-18-8-6-5-7-16(18)25-21(27)17-11-24-19(12-23-17)26-20-14(3)9-13(2)10-15(20)22/h5-12H,4H2,1-3H3,(H,24,26)(H,25,27). The van der Waals surface area contributed by atoms with E-state index in [9.17, 15) is 4.79 Å². The lowest BCUT2D eigenvalue weighted by Gasteiger charge is -2.12. The zero-order valence-electron chi connectivity index (χ0n) is 15.9. The van der Waals surface area contributed by atoms with Crippen LogP contribution in [0.15, 0.2) is 48.8 Å². The van der Waals surface area contributed by atoms with Crippen molar-refractivity contribution in [2.75, 3.05) is 17.2 Å². The molecule has 0 saturated heterocycles. The predicted molar refractivity (Wildman–Crippen MR) is 112 cm³/mol. The number of benzene rings is 2. The molecule has 0 atom stereocenters. The number of hydrogen-bond donors (Lipinski definition) is 2. The van der Waals surface area contributed by atoms with E-state index in [0.29, 0.717) is 28.9 Å². The van der Waals surface area contributed by atoms with Gasteiger partial charge in [0.15, 0.2) is 0 Å². The van der Waals surface area contributed by atoms with Crippen LogP contribution in [0.5, 0.6) is 5.75 Å². The third-order valence-electron chi connectivity index (χ3n) is 4.00. The van der Waals surface area contributed by atoms with Gasteiger partial charge in [-0.15, -0.1) is 0 Å². The van der Waals surface area contributed by atoms with E-state index in [4.69, 9.17) is 16.3 Å². The van der Waals surface area contributed by atoms with Crippen molar-refractivity contribution < 1.29 is 9.53 Å². The van der Waals surface area contributed by atoms with Crippen molar-refractivity contribution in [3.63, 3.8) is 0 Å². The average Bonchev–Trinajstić information content (AvgIpc) is 2.67. The second-order valence-corrected chi connectivity index (χ2v) is 6.64. The molecular weight excluding hydrogens is 376 g/mol. The van der Waals surface area contributed by atoms with Gasteiger partial charge in [0.05, 0.1) is 35.4 Å². The predicted octanol–water partition coefficient (Wildman–Crippen LogP) is 5.14. The summed E-state index contributed by atoms with van der Waals surface area (Å²) in [4.78, 5) is 21.0. The molecule has 0 aliphatic rings. The Kier molecular flexibility index (Phi) is 6.11. The minimum atomic E-state index is -0.365. The highest BCUT2D eigenvalue weighted by molar-refractivity contribution is 6.33. The van der Waals surface area contributed by atoms with Crippen molar-refractivity contribution in [1.82, 2.24) is 9.97 Å². The SMILES string of the molecule is CCOc1ccccc1NC(=O)c1cnc(Nc2c(C)cc(C)cc2Cl)cn1. The first-order valence-electron chi connectivity index (χ1n) is 8.87. The van der Waals surface area contributed by atoms with Gasteiger partial charge in [0.2, 0.25) is 0 Å². The Morgan fingerprint density at radius 2 is 1.93 bits per heavy atom. The van der Waals surface area contributed by atoms with Crippen LogP contribution in [0.3, 0.4) is 0 Å². The molecule has 144 valence electrons. The number of carbonyl (C=O) groups excluding carboxylic acids is 1. The van der Waals surface area contributed by atoms with Gasteiger partial charge < -0.3 is 15.4 Å². The van der Waals surface area contributed by atoms with Gasteiger partial charge in [-0.3, -0.25) is 4.79 Å². The van der Waals surface area contributed by atoms with Crippen LogP contribution >= 0.6 is 11.6 Å². The van der Waals surface area contributed by atoms with Crippen molar-refractivity contribution in [3.8, 4) is 5.75 Å². The lowest BCUT2D eigenvalue weighted by Crippen LogP contribution is -2.15. The Labute approximate surface area is 168 Å². The third-order valence-corrected chi connectivity index (χ3v) is 4.30. The number of aryl methyl sites for hydroxylation is 2. The second-order valence-electron chi connectivity index (χ2n) is 6.23. The molecule has 0 spiro atoms. The number of rotatable bonds is 6. The lowest BCUT2D eigenvalue weighted by molar-refractivity contribution is 0.102. The molecule has 0 saturated carbocycles. The summed E-state index contributed by atoms with van der Waals surface area (Å²) in [6, 6.07) is 11.1. The zero-order chi connectivity index (χ0) is 20.1. The highest BCUT2D eigenvalue weighted by Gasteiger charge is 2.12. The number of ether oxygens (including phenoxy) is 1. The summed E-state index contributed by atoms with van der Waals surface area (Å²) in [6.07, 6.45) is 2.91. The van der Waals surface area contributed by atoms with Crippen LogP contribution in [0, 0.1) is 13.8 Å². The zero-order valence-corrected chi connectivity index (χ0v) is 16.7. The molecule has 2 aromatic carbocycles. The summed E-state index contributed by atoms with van der Waals surface area (Å²) in [5.41, 5.74) is 3.63. The minimum absolute atomic E-state index is 0.198. The van der Waals surface area contributed by atoms with E-state index in [1.54, 1.807) is 12.1 Å². The van der Waals surface area contributed by atoms with Crippen LogP contribution in [0.4, 0.5) is 17.2 Å². The summed E-state index contributed by atoms with van der Waals surface area (Å²) in [5.74, 6) is 0.741. The van der Waals surface area contributed by atoms with Crippen molar-refractivity contribution in [2.45, 2.75) is 20.8 Å². The fourth-order valence-corrected chi connectivity index (χ4v) is 3.12. The van der Waals surface area contributed by atoms with Crippen LogP contribution in [0.1, 0.15) is 28.5 Å². The molecule has 7 heteroatoms. The normalized spacial score (nSPS) is 10.4. The van der Waals surface area contributed by atoms with Gasteiger partial charge in [-0.1, -0.05) is 29.8 Å². The first-order chi connectivity index (χ1) is 13.5. The Morgan fingerprint density at radius 1 is 1.14 bits per heavy atom. The van der Waals surface area contributed by atoms with Gasteiger partial charge in [0.1, 0.15) is 17.3 Å². The maximum atomic E-state index is 12.5. The largest absolute Gasteiger partial charge is 0.492 e. The van der Waals surface area contributed by atoms with E-state index in [0.717, 1.165) is 16.8 Å². The molecule has 0 aliphatic carbocycles. The number of nitrogens with zero attached hydrogens (tertiary/aromatic N) is 2. The topological polar surface area (TPSA) is 76.1 Å². The van der Waals surface area contributed by atoms with Crippen molar-refractivity contribution >= 4 is 34.7 Å². The fourth-order valence-electron chi connectivity index (χ4n) is 2.75. The number of para-hydroxylation sites is 2. The van der Waals surface area contributed by atoms with Gasteiger partial charge in [-0.25, -0.2) is 9.97 Å². The van der Waals surface area contributed by atoms with Crippen molar-refractivity contribution in [3.05, 3.63) is 70.6 Å². The molecule has 2 N–H and O–H groups in total. The fraction of sp³-hybridized carbons (Fsp3) is 0.190. The maximum Gasteiger partial charge on any atom is 0.275 e. The van der Waals surface area contributed by atoms with Gasteiger partial charge in [-0.2, -0.15) is 0 Å². The highest BCUT2D eigenvalue weighted by atomic mass is 35.5. The Bertz CT molecular complexity index is 967. The van der Waals surface area contributed by atoms with E-state index in [-0.39, 0.29) is 11.6 Å². The molecule has 28 heavy (non-hydrogen) atoms. The number of hydrogen-bond acceptors (Lipinski definition) is 5. The van der Waals surface area contributed by atoms with E-state index in [2.05, 4.69) is 20.6 Å². The molecule has 1 heterocycles. The Balaban J connectivity index is 1.73. The maximum absolute atomic E-state index is 12.5. The molecule has 3 rings (SSSR count). The second kappa shape index (κ2) is 8.71. The van der Waals surface area contributed by atoms with Crippen LogP contribution in [0.2, 0.25) is 5.02 Å². The number of amides is 1. The molecule has 1 amide bonds. The van der Waals surface area contributed by atoms with Crippen molar-refractivity contribution in [1.29, 1.82) is 0 Å². The summed E-state index contributed by atoms with van der Waals surface area (Å²) in [7, 11) is 0. The molecule has 0 radical (unpaired) electrons. The first-order valence-corrected chi connectivity index (χ1v) is 9.24. The monoisotopic (exact) mass is 396 g/mol. The molecular formula is C21H21ClN4O2. The van der Waals surface area contributed by atoms with Gasteiger partial charge in [0, 0.05) is 0 Å². The first kappa shape index (κ1) is 19.6. The molecule has 0 fully saturated rings. The number of aromatic nitrogens is 2. The molecule has 1 aromatic heterocycles. The molecule has 0 aliphatic heterocycles.